The van der Waals surface area contributed by atoms with Crippen LogP contribution in [0.3, 0.4) is 0 Å². The van der Waals surface area contributed by atoms with E-state index in [0.29, 0.717) is 0 Å². The number of carbonyl (C=O) groups excluding carboxylic acids is 1. The number of nitrogens with zero attached hydrogens (tertiary/aromatic N) is 3. The minimum absolute atomic E-state index is 0.140. The Morgan fingerprint density at radius 2 is 1.61 bits per heavy atom. The number of hydrogen-bond donors (Lipinski definition) is 1. The average molecular weight is 251 g/mol. The predicted molar refractivity (Wildman–Crippen MR) is 63.1 cm³/mol. The molecule has 0 aliphatic rings. The first-order valence-electron chi connectivity index (χ1n) is 5.60. The van der Waals surface area contributed by atoms with Crippen molar-refractivity contribution in [2.45, 2.75) is 33.1 Å². The third kappa shape index (κ3) is 5.31. The lowest BCUT2D eigenvalue weighted by atomic mass is 9.89. The zero-order chi connectivity index (χ0) is 14.2. The minimum atomic E-state index is -1.14. The van der Waals surface area contributed by atoms with Crippen LogP contribution in [0.25, 0.3) is 0 Å². The Kier molecular flexibility index (Phi) is 6.44. The summed E-state index contributed by atoms with van der Waals surface area (Å²) in [7, 11) is 0. The molecule has 0 rings (SSSR count). The number of rotatable bonds is 7. The topological polar surface area (TPSA) is 105 Å². The lowest BCUT2D eigenvalue weighted by Gasteiger charge is -2.25. The summed E-state index contributed by atoms with van der Waals surface area (Å²) in [5, 5.41) is 25.9. The predicted octanol–water partition coefficient (Wildman–Crippen LogP) is 1.14. The van der Waals surface area contributed by atoms with Crippen LogP contribution in [0.2, 0.25) is 0 Å². The summed E-state index contributed by atoms with van der Waals surface area (Å²) in [5.74, 6) is -1.38. The smallest absolute Gasteiger partial charge is 0.309 e. The molecule has 0 saturated carbocycles. The van der Waals surface area contributed by atoms with E-state index >= 15 is 0 Å². The maximum absolute atomic E-state index is 11.9. The molecule has 18 heavy (non-hydrogen) atoms. The van der Waals surface area contributed by atoms with E-state index in [-0.39, 0.29) is 38.3 Å². The van der Waals surface area contributed by atoms with Crippen molar-refractivity contribution in [1.29, 1.82) is 10.5 Å². The van der Waals surface area contributed by atoms with Gasteiger partial charge in [-0.05, 0) is 13.8 Å². The maximum Gasteiger partial charge on any atom is 0.309 e. The van der Waals surface area contributed by atoms with Gasteiger partial charge in [0, 0.05) is 19.5 Å². The second kappa shape index (κ2) is 7.29. The number of amides is 1. The Morgan fingerprint density at radius 3 is 1.94 bits per heavy atom. The molecule has 0 radical (unpaired) electrons. The van der Waals surface area contributed by atoms with Gasteiger partial charge in [-0.3, -0.25) is 9.59 Å². The maximum atomic E-state index is 11.9. The quantitative estimate of drug-likeness (QED) is 0.730. The Bertz CT molecular complexity index is 372. The summed E-state index contributed by atoms with van der Waals surface area (Å²) >= 11 is 0. The van der Waals surface area contributed by atoms with E-state index in [4.69, 9.17) is 15.6 Å². The van der Waals surface area contributed by atoms with Crippen molar-refractivity contribution in [2.75, 3.05) is 13.1 Å². The lowest BCUT2D eigenvalue weighted by molar-refractivity contribution is -0.151. The molecule has 0 saturated heterocycles. The summed E-state index contributed by atoms with van der Waals surface area (Å²) in [6.07, 6.45) is 0.203. The number of hydrogen-bond acceptors (Lipinski definition) is 4. The van der Waals surface area contributed by atoms with Crippen molar-refractivity contribution >= 4 is 11.9 Å². The highest BCUT2D eigenvalue weighted by atomic mass is 16.4. The van der Waals surface area contributed by atoms with Gasteiger partial charge >= 0.3 is 5.97 Å². The van der Waals surface area contributed by atoms with Crippen LogP contribution in [0.5, 0.6) is 0 Å². The van der Waals surface area contributed by atoms with Crippen LogP contribution in [0, 0.1) is 28.1 Å². The molecule has 0 aromatic carbocycles. The second-order valence-corrected chi connectivity index (χ2v) is 4.56. The van der Waals surface area contributed by atoms with Gasteiger partial charge in [-0.25, -0.2) is 0 Å². The van der Waals surface area contributed by atoms with Crippen LogP contribution in [-0.4, -0.2) is 35.0 Å². The Hall–Kier alpha value is -2.08. The van der Waals surface area contributed by atoms with E-state index in [9.17, 15) is 9.59 Å². The molecule has 98 valence electrons. The van der Waals surface area contributed by atoms with Gasteiger partial charge < -0.3 is 10.0 Å². The van der Waals surface area contributed by atoms with Crippen LogP contribution in [0.15, 0.2) is 0 Å². The van der Waals surface area contributed by atoms with Gasteiger partial charge in [0.15, 0.2) is 0 Å². The highest BCUT2D eigenvalue weighted by Crippen LogP contribution is 2.21. The number of nitriles is 2. The molecule has 0 unspecified atom stereocenters. The molecule has 0 aromatic rings. The normalized spacial score (nSPS) is 10.2. The molecular weight excluding hydrogens is 234 g/mol. The Labute approximate surface area is 106 Å². The first-order chi connectivity index (χ1) is 8.35. The van der Waals surface area contributed by atoms with E-state index in [1.54, 1.807) is 0 Å². The van der Waals surface area contributed by atoms with Crippen molar-refractivity contribution in [3.05, 3.63) is 0 Å². The molecule has 0 atom stereocenters. The fraction of sp³-hybridized carbons (Fsp3) is 0.667. The van der Waals surface area contributed by atoms with E-state index in [1.165, 1.54) is 18.7 Å². The number of carboxylic acids is 1. The van der Waals surface area contributed by atoms with Gasteiger partial charge in [0.05, 0.1) is 30.4 Å². The van der Waals surface area contributed by atoms with Crippen molar-refractivity contribution < 1.29 is 14.7 Å². The van der Waals surface area contributed by atoms with Gasteiger partial charge in [0.25, 0.3) is 0 Å². The molecule has 0 aromatic heterocycles. The fourth-order valence-corrected chi connectivity index (χ4v) is 1.30. The summed E-state index contributed by atoms with van der Waals surface area (Å²) in [6.45, 7) is 3.40. The number of aliphatic carboxylic acids is 1. The summed E-state index contributed by atoms with van der Waals surface area (Å²) < 4.78 is 0. The molecule has 0 fully saturated rings. The zero-order valence-corrected chi connectivity index (χ0v) is 10.6. The highest BCUT2D eigenvalue weighted by Gasteiger charge is 2.31. The standard InChI is InChI=1S/C12H17N3O3/c1-12(2,11(17)18)9-10(16)15(7-3-5-13)8-4-6-14/h3-4,7-9H2,1-2H3,(H,17,18). The van der Waals surface area contributed by atoms with Crippen molar-refractivity contribution in [3.8, 4) is 12.1 Å². The summed E-state index contributed by atoms with van der Waals surface area (Å²) in [5.41, 5.74) is -1.14. The number of carbonyl (C=O) groups is 2. The Morgan fingerprint density at radius 1 is 1.17 bits per heavy atom. The lowest BCUT2D eigenvalue weighted by Crippen LogP contribution is -2.38. The van der Waals surface area contributed by atoms with E-state index in [0.717, 1.165) is 0 Å². The molecule has 0 bridgehead atoms. The van der Waals surface area contributed by atoms with Crippen molar-refractivity contribution in [3.63, 3.8) is 0 Å². The van der Waals surface area contributed by atoms with E-state index < -0.39 is 11.4 Å². The molecule has 1 amide bonds. The average Bonchev–Trinajstić information content (AvgIpc) is 2.28. The first-order valence-corrected chi connectivity index (χ1v) is 5.60. The molecule has 6 heteroatoms. The zero-order valence-electron chi connectivity index (χ0n) is 10.6. The highest BCUT2D eigenvalue weighted by molar-refractivity contribution is 5.84. The Balaban J connectivity index is 4.61. The van der Waals surface area contributed by atoms with Crippen LogP contribution >= 0.6 is 0 Å². The third-order valence-corrected chi connectivity index (χ3v) is 2.51. The third-order valence-electron chi connectivity index (χ3n) is 2.51. The van der Waals surface area contributed by atoms with Crippen molar-refractivity contribution in [1.82, 2.24) is 4.90 Å². The van der Waals surface area contributed by atoms with E-state index in [1.807, 2.05) is 12.1 Å². The van der Waals surface area contributed by atoms with Gasteiger partial charge in [-0.1, -0.05) is 0 Å². The molecule has 0 aliphatic carbocycles. The van der Waals surface area contributed by atoms with Crippen LogP contribution in [-0.2, 0) is 9.59 Å². The van der Waals surface area contributed by atoms with Gasteiger partial charge in [0.1, 0.15) is 0 Å². The summed E-state index contributed by atoms with van der Waals surface area (Å²) in [6, 6.07) is 3.84. The van der Waals surface area contributed by atoms with Crippen LogP contribution in [0.1, 0.15) is 33.1 Å². The van der Waals surface area contributed by atoms with Crippen LogP contribution in [0.4, 0.5) is 0 Å². The summed E-state index contributed by atoms with van der Waals surface area (Å²) in [4.78, 5) is 24.2. The largest absolute Gasteiger partial charge is 0.481 e. The molecule has 1 N–H and O–H groups in total. The van der Waals surface area contributed by atoms with E-state index in [2.05, 4.69) is 0 Å². The molecule has 0 spiro atoms. The molecular formula is C12H17N3O3. The second-order valence-electron chi connectivity index (χ2n) is 4.56. The molecule has 0 aliphatic heterocycles. The molecule has 6 nitrogen and oxygen atoms in total. The monoisotopic (exact) mass is 251 g/mol. The van der Waals surface area contributed by atoms with Gasteiger partial charge in [0.2, 0.25) is 5.91 Å². The first kappa shape index (κ1) is 15.9. The fourth-order valence-electron chi connectivity index (χ4n) is 1.30. The van der Waals surface area contributed by atoms with Crippen LogP contribution < -0.4 is 0 Å². The van der Waals surface area contributed by atoms with Crippen molar-refractivity contribution in [2.24, 2.45) is 5.41 Å². The van der Waals surface area contributed by atoms with Gasteiger partial charge in [-0.15, -0.1) is 0 Å². The number of carboxylic acid groups (broad SMARTS) is 1. The SMILES string of the molecule is CC(C)(CC(=O)N(CCC#N)CCC#N)C(=O)O. The van der Waals surface area contributed by atoms with Gasteiger partial charge in [-0.2, -0.15) is 10.5 Å². The minimum Gasteiger partial charge on any atom is -0.481 e. The molecule has 0 heterocycles.